The van der Waals surface area contributed by atoms with Crippen LogP contribution in [0.15, 0.2) is 11.6 Å². The highest BCUT2D eigenvalue weighted by Gasteiger charge is 2.22. The molecule has 5 heteroatoms. The first-order valence-corrected chi connectivity index (χ1v) is 6.45. The van der Waals surface area contributed by atoms with Crippen LogP contribution in [-0.2, 0) is 10.0 Å². The van der Waals surface area contributed by atoms with Gasteiger partial charge in [0.1, 0.15) is 0 Å². The minimum absolute atomic E-state index is 0.191. The maximum Gasteiger partial charge on any atom is 0.215 e. The van der Waals surface area contributed by atoms with Gasteiger partial charge in [0.25, 0.3) is 0 Å². The van der Waals surface area contributed by atoms with Gasteiger partial charge in [0.15, 0.2) is 0 Å². The van der Waals surface area contributed by atoms with Crippen molar-refractivity contribution in [1.82, 2.24) is 9.62 Å². The average molecular weight is 218 g/mol. The molecule has 1 rings (SSSR count). The van der Waals surface area contributed by atoms with Crippen molar-refractivity contribution in [3.05, 3.63) is 11.6 Å². The van der Waals surface area contributed by atoms with Gasteiger partial charge < -0.3 is 5.32 Å². The molecule has 0 saturated carbocycles. The quantitative estimate of drug-likeness (QED) is 0.685. The standard InChI is InChI=1S/C9H18N2O2S/c1-9-4-3-6-11(8-9)14(12,13)7-5-10-2/h4,10H,3,5-8H2,1-2H3. The molecule has 0 spiro atoms. The van der Waals surface area contributed by atoms with Crippen LogP contribution in [0.1, 0.15) is 13.3 Å². The Morgan fingerprint density at radius 3 is 2.86 bits per heavy atom. The van der Waals surface area contributed by atoms with Crippen molar-refractivity contribution >= 4 is 10.0 Å². The lowest BCUT2D eigenvalue weighted by Crippen LogP contribution is -2.38. The van der Waals surface area contributed by atoms with Gasteiger partial charge in [-0.3, -0.25) is 0 Å². The van der Waals surface area contributed by atoms with E-state index < -0.39 is 10.0 Å². The minimum atomic E-state index is -3.05. The smallest absolute Gasteiger partial charge is 0.215 e. The van der Waals surface area contributed by atoms with Crippen LogP contribution in [0.3, 0.4) is 0 Å². The number of rotatable bonds is 4. The Morgan fingerprint density at radius 1 is 1.57 bits per heavy atom. The summed E-state index contributed by atoms with van der Waals surface area (Å²) in [4.78, 5) is 0. The summed E-state index contributed by atoms with van der Waals surface area (Å²) in [5, 5.41) is 2.85. The molecule has 0 amide bonds. The van der Waals surface area contributed by atoms with E-state index in [0.29, 0.717) is 19.6 Å². The monoisotopic (exact) mass is 218 g/mol. The van der Waals surface area contributed by atoms with Crippen LogP contribution < -0.4 is 5.32 Å². The molecule has 82 valence electrons. The Labute approximate surface area is 86.0 Å². The molecule has 0 aromatic heterocycles. The first kappa shape index (κ1) is 11.7. The van der Waals surface area contributed by atoms with Crippen molar-refractivity contribution in [1.29, 1.82) is 0 Å². The molecule has 1 N–H and O–H groups in total. The Kier molecular flexibility index (Phi) is 4.10. The van der Waals surface area contributed by atoms with Gasteiger partial charge in [0, 0.05) is 19.6 Å². The summed E-state index contributed by atoms with van der Waals surface area (Å²) in [5.74, 6) is 0.191. The average Bonchev–Trinajstić information content (AvgIpc) is 2.15. The second-order valence-corrected chi connectivity index (χ2v) is 5.68. The number of nitrogens with one attached hydrogen (secondary N) is 1. The van der Waals surface area contributed by atoms with Crippen LogP contribution in [0, 0.1) is 0 Å². The Hall–Kier alpha value is -0.390. The maximum absolute atomic E-state index is 11.7. The topological polar surface area (TPSA) is 49.4 Å². The Balaban J connectivity index is 2.60. The fraction of sp³-hybridized carbons (Fsp3) is 0.778. The molecule has 0 saturated heterocycles. The third-order valence-electron chi connectivity index (χ3n) is 2.30. The Bertz CT molecular complexity index is 309. The van der Waals surface area contributed by atoms with E-state index >= 15 is 0 Å². The molecular weight excluding hydrogens is 200 g/mol. The van der Waals surface area contributed by atoms with Crippen molar-refractivity contribution in [3.63, 3.8) is 0 Å². The second-order valence-electron chi connectivity index (χ2n) is 3.59. The van der Waals surface area contributed by atoms with E-state index in [1.807, 2.05) is 6.92 Å². The number of nitrogens with zero attached hydrogens (tertiary/aromatic N) is 1. The number of hydrogen-bond acceptors (Lipinski definition) is 3. The summed E-state index contributed by atoms with van der Waals surface area (Å²) in [6, 6.07) is 0. The molecule has 0 aromatic carbocycles. The van der Waals surface area contributed by atoms with Crippen LogP contribution >= 0.6 is 0 Å². The van der Waals surface area contributed by atoms with Gasteiger partial charge in [-0.15, -0.1) is 0 Å². The molecule has 0 aliphatic carbocycles. The lowest BCUT2D eigenvalue weighted by atomic mass is 10.2. The van der Waals surface area contributed by atoms with Gasteiger partial charge in [-0.25, -0.2) is 8.42 Å². The fourth-order valence-electron chi connectivity index (χ4n) is 1.47. The lowest BCUT2D eigenvalue weighted by molar-refractivity contribution is 0.427. The zero-order valence-electron chi connectivity index (χ0n) is 8.78. The van der Waals surface area contributed by atoms with Crippen molar-refractivity contribution in [3.8, 4) is 0 Å². The van der Waals surface area contributed by atoms with E-state index in [4.69, 9.17) is 0 Å². The van der Waals surface area contributed by atoms with Crippen LogP contribution in [0.2, 0.25) is 0 Å². The molecule has 1 aliphatic rings. The lowest BCUT2D eigenvalue weighted by Gasteiger charge is -2.25. The highest BCUT2D eigenvalue weighted by Crippen LogP contribution is 2.12. The summed E-state index contributed by atoms with van der Waals surface area (Å²) >= 11 is 0. The molecular formula is C9H18N2O2S. The zero-order chi connectivity index (χ0) is 10.6. The first-order chi connectivity index (χ1) is 6.56. The van der Waals surface area contributed by atoms with E-state index in [-0.39, 0.29) is 5.75 Å². The van der Waals surface area contributed by atoms with Gasteiger partial charge in [0.2, 0.25) is 10.0 Å². The van der Waals surface area contributed by atoms with Gasteiger partial charge in [-0.2, -0.15) is 4.31 Å². The van der Waals surface area contributed by atoms with Crippen molar-refractivity contribution < 1.29 is 8.42 Å². The van der Waals surface area contributed by atoms with Crippen LogP contribution in [0.5, 0.6) is 0 Å². The summed E-state index contributed by atoms with van der Waals surface area (Å²) in [6.07, 6.45) is 2.94. The highest BCUT2D eigenvalue weighted by molar-refractivity contribution is 7.89. The third-order valence-corrected chi connectivity index (χ3v) is 4.12. The van der Waals surface area contributed by atoms with Crippen LogP contribution in [-0.4, -0.2) is 45.2 Å². The summed E-state index contributed by atoms with van der Waals surface area (Å²) in [6.45, 7) is 3.68. The second kappa shape index (κ2) is 4.91. The summed E-state index contributed by atoms with van der Waals surface area (Å²) < 4.78 is 25.1. The maximum atomic E-state index is 11.7. The van der Waals surface area contributed by atoms with E-state index in [2.05, 4.69) is 11.4 Å². The molecule has 0 atom stereocenters. The third kappa shape index (κ3) is 3.08. The van der Waals surface area contributed by atoms with Gasteiger partial charge in [-0.05, 0) is 20.4 Å². The van der Waals surface area contributed by atoms with E-state index in [9.17, 15) is 8.42 Å². The van der Waals surface area contributed by atoms with E-state index in [1.54, 1.807) is 11.4 Å². The van der Waals surface area contributed by atoms with Gasteiger partial charge >= 0.3 is 0 Å². The Morgan fingerprint density at radius 2 is 2.29 bits per heavy atom. The van der Waals surface area contributed by atoms with E-state index in [1.165, 1.54) is 0 Å². The molecule has 4 nitrogen and oxygen atoms in total. The molecule has 1 heterocycles. The van der Waals surface area contributed by atoms with Gasteiger partial charge in [-0.1, -0.05) is 11.6 Å². The summed E-state index contributed by atoms with van der Waals surface area (Å²) in [7, 11) is -1.29. The normalized spacial score (nSPS) is 19.4. The van der Waals surface area contributed by atoms with Crippen LogP contribution in [0.25, 0.3) is 0 Å². The van der Waals surface area contributed by atoms with Gasteiger partial charge in [0.05, 0.1) is 5.75 Å². The highest BCUT2D eigenvalue weighted by atomic mass is 32.2. The molecule has 0 fully saturated rings. The van der Waals surface area contributed by atoms with Crippen molar-refractivity contribution in [2.75, 3.05) is 32.4 Å². The SMILES string of the molecule is CNCCS(=O)(=O)N1CCC=C(C)C1. The minimum Gasteiger partial charge on any atom is -0.319 e. The zero-order valence-corrected chi connectivity index (χ0v) is 9.60. The van der Waals surface area contributed by atoms with Crippen LogP contribution in [0.4, 0.5) is 0 Å². The number of sulfonamides is 1. The van der Waals surface area contributed by atoms with Crippen molar-refractivity contribution in [2.45, 2.75) is 13.3 Å². The first-order valence-electron chi connectivity index (χ1n) is 4.84. The fourth-order valence-corrected chi connectivity index (χ4v) is 2.98. The van der Waals surface area contributed by atoms with E-state index in [0.717, 1.165) is 12.0 Å². The molecule has 0 aromatic rings. The van der Waals surface area contributed by atoms with Crippen molar-refractivity contribution in [2.24, 2.45) is 0 Å². The molecule has 0 unspecified atom stereocenters. The predicted octanol–water partition coefficient (Wildman–Crippen LogP) is 0.188. The number of hydrogen-bond donors (Lipinski definition) is 1. The molecule has 0 radical (unpaired) electrons. The predicted molar refractivity (Wildman–Crippen MR) is 57.7 cm³/mol. The molecule has 14 heavy (non-hydrogen) atoms. The summed E-state index contributed by atoms with van der Waals surface area (Å²) in [5.41, 5.74) is 1.14. The largest absolute Gasteiger partial charge is 0.319 e. The molecule has 0 bridgehead atoms. The molecule has 1 aliphatic heterocycles.